The van der Waals surface area contributed by atoms with Crippen molar-refractivity contribution in [3.8, 4) is 5.75 Å². The van der Waals surface area contributed by atoms with Crippen LogP contribution in [0.3, 0.4) is 0 Å². The van der Waals surface area contributed by atoms with Crippen LogP contribution in [0.15, 0.2) is 22.7 Å². The molecule has 0 aliphatic carbocycles. The number of hydrogen-bond acceptors (Lipinski definition) is 4. The summed E-state index contributed by atoms with van der Waals surface area (Å²) in [6, 6.07) is 4.65. The van der Waals surface area contributed by atoms with Crippen molar-refractivity contribution in [2.24, 2.45) is 0 Å². The van der Waals surface area contributed by atoms with E-state index in [1.54, 1.807) is 25.1 Å². The summed E-state index contributed by atoms with van der Waals surface area (Å²) in [5, 5.41) is 11.2. The number of carboxylic acid groups (broad SMARTS) is 1. The van der Waals surface area contributed by atoms with Crippen molar-refractivity contribution in [2.45, 2.75) is 19.4 Å². The fourth-order valence-corrected chi connectivity index (χ4v) is 2.47. The summed E-state index contributed by atoms with van der Waals surface area (Å²) < 4.78 is 6.14. The molecule has 0 saturated heterocycles. The molecule has 7 nitrogen and oxygen atoms in total. The lowest BCUT2D eigenvalue weighted by Crippen LogP contribution is -2.47. The molecule has 0 bridgehead atoms. The summed E-state index contributed by atoms with van der Waals surface area (Å²) in [7, 11) is 0. The number of carbonyl (C=O) groups excluding carboxylic acids is 2. The molecule has 0 saturated carbocycles. The quantitative estimate of drug-likeness (QED) is 0.810. The summed E-state index contributed by atoms with van der Waals surface area (Å²) in [6.07, 6.45) is -0.174. The van der Waals surface area contributed by atoms with Crippen LogP contribution in [0.4, 0.5) is 5.69 Å². The molecule has 8 heteroatoms. The Morgan fingerprint density at radius 1 is 1.50 bits per heavy atom. The molecule has 1 unspecified atom stereocenters. The van der Waals surface area contributed by atoms with E-state index in [0.29, 0.717) is 11.4 Å². The fraction of sp³-hybridized carbons (Fsp3) is 0.357. The van der Waals surface area contributed by atoms with Crippen LogP contribution >= 0.6 is 15.9 Å². The standard InChI is InChI=1S/C14H15BrN2O5/c1-8(4-14(20)21)16-12(18)6-17-10-3-2-9(15)5-11(10)22-7-13(17)19/h2-3,5,8H,4,6-7H2,1H3,(H,16,18)(H,20,21). The van der Waals surface area contributed by atoms with Crippen LogP contribution < -0.4 is 15.0 Å². The number of carbonyl (C=O) groups is 3. The van der Waals surface area contributed by atoms with Gasteiger partial charge in [0.15, 0.2) is 6.61 Å². The number of fused-ring (bicyclic) bond motifs is 1. The molecule has 22 heavy (non-hydrogen) atoms. The van der Waals surface area contributed by atoms with E-state index >= 15 is 0 Å². The van der Waals surface area contributed by atoms with Crippen molar-refractivity contribution in [3.05, 3.63) is 22.7 Å². The van der Waals surface area contributed by atoms with Crippen LogP contribution in [0.2, 0.25) is 0 Å². The van der Waals surface area contributed by atoms with Crippen molar-refractivity contribution in [3.63, 3.8) is 0 Å². The Labute approximate surface area is 135 Å². The van der Waals surface area contributed by atoms with Gasteiger partial charge in [-0.05, 0) is 25.1 Å². The Kier molecular flexibility index (Phi) is 5.02. The normalized spacial score (nSPS) is 14.8. The molecular formula is C14H15BrN2O5. The first-order valence-electron chi connectivity index (χ1n) is 6.60. The predicted molar refractivity (Wildman–Crippen MR) is 81.8 cm³/mol. The highest BCUT2D eigenvalue weighted by atomic mass is 79.9. The van der Waals surface area contributed by atoms with E-state index in [1.807, 2.05) is 0 Å². The predicted octanol–water partition coefficient (Wildman–Crippen LogP) is 1.15. The van der Waals surface area contributed by atoms with Gasteiger partial charge in [-0.15, -0.1) is 0 Å². The van der Waals surface area contributed by atoms with Crippen LogP contribution in [0.25, 0.3) is 0 Å². The highest BCUT2D eigenvalue weighted by Gasteiger charge is 2.27. The van der Waals surface area contributed by atoms with Crippen molar-refractivity contribution in [1.82, 2.24) is 5.32 Å². The number of carboxylic acids is 1. The van der Waals surface area contributed by atoms with Gasteiger partial charge in [-0.3, -0.25) is 19.3 Å². The Morgan fingerprint density at radius 2 is 2.23 bits per heavy atom. The largest absolute Gasteiger partial charge is 0.482 e. The SMILES string of the molecule is CC(CC(=O)O)NC(=O)CN1C(=O)COc2cc(Br)ccc21. The second-order valence-electron chi connectivity index (χ2n) is 4.95. The Balaban J connectivity index is 2.07. The highest BCUT2D eigenvalue weighted by molar-refractivity contribution is 9.10. The topological polar surface area (TPSA) is 95.9 Å². The van der Waals surface area contributed by atoms with Gasteiger partial charge in [0, 0.05) is 10.5 Å². The van der Waals surface area contributed by atoms with Gasteiger partial charge in [0.25, 0.3) is 5.91 Å². The average molecular weight is 371 g/mol. The van der Waals surface area contributed by atoms with Crippen LogP contribution in [-0.2, 0) is 14.4 Å². The lowest BCUT2D eigenvalue weighted by Gasteiger charge is -2.29. The summed E-state index contributed by atoms with van der Waals surface area (Å²) in [4.78, 5) is 35.9. The molecule has 2 N–H and O–H groups in total. The first kappa shape index (κ1) is 16.3. The number of halogens is 1. The third kappa shape index (κ3) is 3.97. The van der Waals surface area contributed by atoms with Crippen LogP contribution in [0, 0.1) is 0 Å². The molecule has 1 aliphatic rings. The maximum absolute atomic E-state index is 12.0. The monoisotopic (exact) mass is 370 g/mol. The minimum atomic E-state index is -0.995. The zero-order valence-electron chi connectivity index (χ0n) is 11.8. The number of nitrogens with one attached hydrogen (secondary N) is 1. The fourth-order valence-electron chi connectivity index (χ4n) is 2.13. The summed E-state index contributed by atoms with van der Waals surface area (Å²) in [5.74, 6) is -1.22. The third-order valence-corrected chi connectivity index (χ3v) is 3.55. The van der Waals surface area contributed by atoms with E-state index in [1.165, 1.54) is 4.90 Å². The second-order valence-corrected chi connectivity index (χ2v) is 5.86. The molecule has 2 amide bonds. The van der Waals surface area contributed by atoms with Crippen LogP contribution in [0.5, 0.6) is 5.75 Å². The molecule has 0 spiro atoms. The van der Waals surface area contributed by atoms with Crippen LogP contribution in [-0.4, -0.2) is 42.1 Å². The van der Waals surface area contributed by atoms with E-state index < -0.39 is 17.9 Å². The minimum Gasteiger partial charge on any atom is -0.482 e. The molecular weight excluding hydrogens is 356 g/mol. The van der Waals surface area contributed by atoms with Crippen LogP contribution in [0.1, 0.15) is 13.3 Å². The summed E-state index contributed by atoms with van der Waals surface area (Å²) in [5.41, 5.74) is 0.514. The smallest absolute Gasteiger partial charge is 0.305 e. The molecule has 1 heterocycles. The van der Waals surface area contributed by atoms with Gasteiger partial charge in [0.05, 0.1) is 12.1 Å². The second kappa shape index (κ2) is 6.78. The Morgan fingerprint density at radius 3 is 2.91 bits per heavy atom. The van der Waals surface area contributed by atoms with Crippen molar-refractivity contribution in [1.29, 1.82) is 0 Å². The molecule has 0 fully saturated rings. The first-order valence-corrected chi connectivity index (χ1v) is 7.40. The molecule has 118 valence electrons. The van der Waals surface area contributed by atoms with Gasteiger partial charge in [-0.1, -0.05) is 15.9 Å². The lowest BCUT2D eigenvalue weighted by molar-refractivity contribution is -0.137. The first-order chi connectivity index (χ1) is 10.4. The number of nitrogens with zero attached hydrogens (tertiary/aromatic N) is 1. The Hall–Kier alpha value is -2.09. The van der Waals surface area contributed by atoms with Gasteiger partial charge in [0.1, 0.15) is 12.3 Å². The van der Waals surface area contributed by atoms with E-state index in [-0.39, 0.29) is 25.5 Å². The molecule has 1 aliphatic heterocycles. The molecule has 0 radical (unpaired) electrons. The van der Waals surface area contributed by atoms with E-state index in [2.05, 4.69) is 21.2 Å². The molecule has 1 atom stereocenters. The molecule has 1 aromatic rings. The van der Waals surface area contributed by atoms with Gasteiger partial charge >= 0.3 is 5.97 Å². The third-order valence-electron chi connectivity index (χ3n) is 3.05. The minimum absolute atomic E-state index is 0.137. The van der Waals surface area contributed by atoms with Crippen molar-refractivity contribution >= 4 is 39.4 Å². The van der Waals surface area contributed by atoms with E-state index in [4.69, 9.17) is 9.84 Å². The lowest BCUT2D eigenvalue weighted by atomic mass is 10.2. The number of benzene rings is 1. The Bertz CT molecular complexity index is 619. The van der Waals surface area contributed by atoms with E-state index in [9.17, 15) is 14.4 Å². The highest BCUT2D eigenvalue weighted by Crippen LogP contribution is 2.34. The molecule has 2 rings (SSSR count). The zero-order valence-corrected chi connectivity index (χ0v) is 13.4. The summed E-state index contributed by atoms with van der Waals surface area (Å²) in [6.45, 7) is 1.28. The number of hydrogen-bond donors (Lipinski definition) is 2. The summed E-state index contributed by atoms with van der Waals surface area (Å²) >= 11 is 3.31. The van der Waals surface area contributed by atoms with Gasteiger partial charge < -0.3 is 15.2 Å². The van der Waals surface area contributed by atoms with Gasteiger partial charge in [-0.25, -0.2) is 0 Å². The van der Waals surface area contributed by atoms with Crippen molar-refractivity contribution < 1.29 is 24.2 Å². The maximum Gasteiger partial charge on any atom is 0.305 e. The molecule has 0 aromatic heterocycles. The number of ether oxygens (including phenoxy) is 1. The average Bonchev–Trinajstić information content (AvgIpc) is 2.40. The number of amides is 2. The van der Waals surface area contributed by atoms with E-state index in [0.717, 1.165) is 4.47 Å². The van der Waals surface area contributed by atoms with Gasteiger partial charge in [0.2, 0.25) is 5.91 Å². The maximum atomic E-state index is 12.0. The molecule has 1 aromatic carbocycles. The van der Waals surface area contributed by atoms with Crippen molar-refractivity contribution in [2.75, 3.05) is 18.1 Å². The number of anilines is 1. The number of rotatable bonds is 5. The van der Waals surface area contributed by atoms with Gasteiger partial charge in [-0.2, -0.15) is 0 Å². The number of aliphatic carboxylic acids is 1. The zero-order chi connectivity index (χ0) is 16.3.